The van der Waals surface area contributed by atoms with Crippen LogP contribution in [0.25, 0.3) is 11.0 Å². The van der Waals surface area contributed by atoms with Crippen LogP contribution in [0.15, 0.2) is 29.1 Å². The van der Waals surface area contributed by atoms with Crippen LogP contribution in [0, 0.1) is 0 Å². The summed E-state index contributed by atoms with van der Waals surface area (Å²) in [5.74, 6) is 0.0464. The molecular weight excluding hydrogens is 304 g/mol. The Hall–Kier alpha value is -1.79. The molecule has 1 aromatic carbocycles. The van der Waals surface area contributed by atoms with Gasteiger partial charge in [-0.25, -0.2) is 4.79 Å². The maximum atomic E-state index is 12.2. The molecule has 0 aliphatic carbocycles. The van der Waals surface area contributed by atoms with E-state index >= 15 is 0 Å². The highest BCUT2D eigenvalue weighted by atomic mass is 35.5. The van der Waals surface area contributed by atoms with Gasteiger partial charge in [-0.3, -0.25) is 13.9 Å². The average molecular weight is 327 g/mol. The minimum Gasteiger partial charge on any atom is -0.344 e. The lowest BCUT2D eigenvalue weighted by atomic mass is 10.3. The molecule has 0 fully saturated rings. The number of fused-ring (bicyclic) bond motifs is 1. The van der Waals surface area contributed by atoms with E-state index in [1.54, 1.807) is 28.1 Å². The van der Waals surface area contributed by atoms with Gasteiger partial charge in [0.05, 0.1) is 11.0 Å². The number of aryl methyl sites for hydroxylation is 2. The molecule has 1 N–H and O–H groups in total. The third-order valence-corrected chi connectivity index (χ3v) is 3.72. The second-order valence-electron chi connectivity index (χ2n) is 5.15. The van der Waals surface area contributed by atoms with Gasteiger partial charge in [0.1, 0.15) is 0 Å². The minimum atomic E-state index is -0.0816. The van der Waals surface area contributed by atoms with Crippen LogP contribution in [0.3, 0.4) is 0 Å². The van der Waals surface area contributed by atoms with Crippen molar-refractivity contribution < 1.29 is 4.79 Å². The van der Waals surface area contributed by atoms with E-state index in [0.29, 0.717) is 19.5 Å². The summed E-state index contributed by atoms with van der Waals surface area (Å²) < 4.78 is 3.28. The van der Waals surface area contributed by atoms with E-state index in [9.17, 15) is 9.59 Å². The van der Waals surface area contributed by atoms with Crippen LogP contribution in [0.5, 0.6) is 0 Å². The number of carbonyl (C=O) groups is 1. The third kappa shape index (κ3) is 3.69. The number of rotatable bonds is 6. The molecule has 0 radical (unpaired) electrons. The largest absolute Gasteiger partial charge is 0.344 e. The number of aromatic nitrogens is 2. The van der Waals surface area contributed by atoms with Crippen LogP contribution in [0.4, 0.5) is 0 Å². The summed E-state index contributed by atoms with van der Waals surface area (Å²) in [4.78, 5) is 26.0. The van der Waals surface area contributed by atoms with Crippen molar-refractivity contribution in [1.82, 2.24) is 19.4 Å². The molecule has 0 aliphatic rings. The minimum absolute atomic E-state index is 0. The highest BCUT2D eigenvalue weighted by Gasteiger charge is 2.13. The lowest BCUT2D eigenvalue weighted by molar-refractivity contribution is -0.130. The zero-order valence-electron chi connectivity index (χ0n) is 13.2. The number of nitrogens with zero attached hydrogens (tertiary/aromatic N) is 3. The Balaban J connectivity index is 0.00000242. The summed E-state index contributed by atoms with van der Waals surface area (Å²) >= 11 is 0. The summed E-state index contributed by atoms with van der Waals surface area (Å²) in [5, 5.41) is 3.01. The average Bonchev–Trinajstić information content (AvgIpc) is 2.74. The molecule has 0 spiro atoms. The van der Waals surface area contributed by atoms with Gasteiger partial charge in [0, 0.05) is 40.2 Å². The molecule has 7 heteroatoms. The van der Waals surface area contributed by atoms with Crippen LogP contribution in [0.2, 0.25) is 0 Å². The summed E-state index contributed by atoms with van der Waals surface area (Å²) in [7, 11) is 5.39. The molecule has 0 saturated carbocycles. The summed E-state index contributed by atoms with van der Waals surface area (Å²) in [6.07, 6.45) is 0.328. The molecule has 122 valence electrons. The zero-order chi connectivity index (χ0) is 15.4. The molecule has 22 heavy (non-hydrogen) atoms. The molecule has 0 unspecified atom stereocenters. The number of amides is 1. The summed E-state index contributed by atoms with van der Waals surface area (Å²) in [6.45, 7) is 1.83. The molecule has 1 amide bonds. The van der Waals surface area contributed by atoms with Gasteiger partial charge in [0.15, 0.2) is 0 Å². The lowest BCUT2D eigenvalue weighted by Gasteiger charge is -2.16. The van der Waals surface area contributed by atoms with Gasteiger partial charge < -0.3 is 10.2 Å². The van der Waals surface area contributed by atoms with E-state index in [4.69, 9.17) is 0 Å². The van der Waals surface area contributed by atoms with Crippen molar-refractivity contribution >= 4 is 29.3 Å². The van der Waals surface area contributed by atoms with Gasteiger partial charge in [-0.05, 0) is 19.2 Å². The van der Waals surface area contributed by atoms with Crippen molar-refractivity contribution in [3.8, 4) is 0 Å². The monoisotopic (exact) mass is 326 g/mol. The summed E-state index contributed by atoms with van der Waals surface area (Å²) in [5.41, 5.74) is 1.68. The van der Waals surface area contributed by atoms with E-state index in [0.717, 1.165) is 17.6 Å². The van der Waals surface area contributed by atoms with Crippen LogP contribution >= 0.6 is 12.4 Å². The van der Waals surface area contributed by atoms with Crippen molar-refractivity contribution in [2.45, 2.75) is 13.0 Å². The number of likely N-dealkylation sites (N-methyl/N-ethyl adjacent to an activating group) is 2. The van der Waals surface area contributed by atoms with E-state index in [1.165, 1.54) is 0 Å². The SMILES string of the molecule is CNCCN(C)C(=O)CCn1c(=O)n(C)c2ccccc21.Cl. The molecule has 0 aliphatic heterocycles. The second-order valence-corrected chi connectivity index (χ2v) is 5.15. The quantitative estimate of drug-likeness (QED) is 0.855. The van der Waals surface area contributed by atoms with Crippen molar-refractivity contribution in [3.05, 3.63) is 34.7 Å². The first kappa shape index (κ1) is 18.3. The fourth-order valence-corrected chi connectivity index (χ4v) is 2.38. The van der Waals surface area contributed by atoms with Gasteiger partial charge in [-0.15, -0.1) is 12.4 Å². The van der Waals surface area contributed by atoms with Crippen LogP contribution < -0.4 is 11.0 Å². The van der Waals surface area contributed by atoms with Crippen LogP contribution in [-0.4, -0.2) is 47.1 Å². The van der Waals surface area contributed by atoms with E-state index < -0.39 is 0 Å². The number of benzene rings is 1. The molecule has 0 atom stereocenters. The first-order chi connectivity index (χ1) is 10.1. The Morgan fingerprint density at radius 1 is 1.27 bits per heavy atom. The van der Waals surface area contributed by atoms with E-state index in [2.05, 4.69) is 5.32 Å². The number of hydrogen-bond acceptors (Lipinski definition) is 3. The molecule has 1 heterocycles. The maximum absolute atomic E-state index is 12.2. The lowest BCUT2D eigenvalue weighted by Crippen LogP contribution is -2.34. The normalized spacial score (nSPS) is 10.5. The fourth-order valence-electron chi connectivity index (χ4n) is 2.38. The predicted molar refractivity (Wildman–Crippen MR) is 90.6 cm³/mol. The van der Waals surface area contributed by atoms with Crippen molar-refractivity contribution in [1.29, 1.82) is 0 Å². The first-order valence-corrected chi connectivity index (χ1v) is 7.09. The fraction of sp³-hybridized carbons (Fsp3) is 0.467. The molecule has 6 nitrogen and oxygen atoms in total. The molecule has 2 aromatic rings. The molecule has 2 rings (SSSR count). The topological polar surface area (TPSA) is 59.3 Å². The molecule has 0 saturated heterocycles. The second kappa shape index (κ2) is 8.00. The third-order valence-electron chi connectivity index (χ3n) is 3.72. The van der Waals surface area contributed by atoms with Gasteiger partial charge in [-0.2, -0.15) is 0 Å². The maximum Gasteiger partial charge on any atom is 0.328 e. The van der Waals surface area contributed by atoms with E-state index in [-0.39, 0.29) is 24.0 Å². The molecule has 0 bridgehead atoms. The van der Waals surface area contributed by atoms with E-state index in [1.807, 2.05) is 31.3 Å². The van der Waals surface area contributed by atoms with Crippen molar-refractivity contribution in [2.24, 2.45) is 7.05 Å². The number of para-hydroxylation sites is 2. The van der Waals surface area contributed by atoms with Gasteiger partial charge in [0.2, 0.25) is 5.91 Å². The molecule has 1 aromatic heterocycles. The van der Waals surface area contributed by atoms with Gasteiger partial charge in [-0.1, -0.05) is 12.1 Å². The predicted octanol–water partition coefficient (Wildman–Crippen LogP) is 0.830. The Morgan fingerprint density at radius 2 is 1.91 bits per heavy atom. The zero-order valence-corrected chi connectivity index (χ0v) is 14.0. The Morgan fingerprint density at radius 3 is 2.55 bits per heavy atom. The van der Waals surface area contributed by atoms with Crippen molar-refractivity contribution in [2.75, 3.05) is 27.2 Å². The highest BCUT2D eigenvalue weighted by Crippen LogP contribution is 2.11. The first-order valence-electron chi connectivity index (χ1n) is 7.09. The Labute approximate surface area is 136 Å². The standard InChI is InChI=1S/C15H22N4O2.ClH/c1-16-9-11-17(2)14(20)8-10-19-13-7-5-4-6-12(13)18(3)15(19)21;/h4-7,16H,8-11H2,1-3H3;1H. The number of halogens is 1. The summed E-state index contributed by atoms with van der Waals surface area (Å²) in [6, 6.07) is 7.63. The van der Waals surface area contributed by atoms with Gasteiger partial charge in [0.25, 0.3) is 0 Å². The number of carbonyl (C=O) groups excluding carboxylic acids is 1. The Kier molecular flexibility index (Phi) is 6.64. The Bertz CT molecular complexity index is 692. The molecular formula is C15H23ClN4O2. The highest BCUT2D eigenvalue weighted by molar-refractivity contribution is 5.85. The van der Waals surface area contributed by atoms with Crippen LogP contribution in [-0.2, 0) is 18.4 Å². The van der Waals surface area contributed by atoms with Crippen molar-refractivity contribution in [3.63, 3.8) is 0 Å². The number of nitrogens with one attached hydrogen (secondary N) is 1. The van der Waals surface area contributed by atoms with Gasteiger partial charge >= 0.3 is 5.69 Å². The number of hydrogen-bond donors (Lipinski definition) is 1. The van der Waals surface area contributed by atoms with Crippen LogP contribution in [0.1, 0.15) is 6.42 Å². The smallest absolute Gasteiger partial charge is 0.328 e. The number of imidazole rings is 1.